The molecule has 1 aliphatic rings. The van der Waals surface area contributed by atoms with E-state index in [9.17, 15) is 0 Å². The van der Waals surface area contributed by atoms with Crippen molar-refractivity contribution in [2.24, 2.45) is 9.98 Å². The second kappa shape index (κ2) is 6.61. The molecule has 3 aromatic carbocycles. The highest BCUT2D eigenvalue weighted by Gasteiger charge is 2.20. The van der Waals surface area contributed by atoms with Gasteiger partial charge >= 0.3 is 0 Å². The van der Waals surface area contributed by atoms with Crippen molar-refractivity contribution in [3.8, 4) is 0 Å². The molecule has 25 heavy (non-hydrogen) atoms. The Morgan fingerprint density at radius 3 is 1.76 bits per heavy atom. The third kappa shape index (κ3) is 3.28. The van der Waals surface area contributed by atoms with Crippen LogP contribution in [0.15, 0.2) is 94.9 Å². The van der Waals surface area contributed by atoms with E-state index in [4.69, 9.17) is 15.7 Å². The number of amidine groups is 2. The molecule has 0 aliphatic carbocycles. The fourth-order valence-corrected chi connectivity index (χ4v) is 2.80. The summed E-state index contributed by atoms with van der Waals surface area (Å²) in [5.74, 6) is 1.61. The molecule has 4 nitrogen and oxygen atoms in total. The summed E-state index contributed by atoms with van der Waals surface area (Å²) in [6, 6.07) is 27.9. The number of nitrogens with zero attached hydrogens (tertiary/aromatic N) is 2. The normalized spacial score (nSPS) is 14.4. The van der Waals surface area contributed by atoms with Crippen LogP contribution in [0.4, 0.5) is 5.69 Å². The maximum absolute atomic E-state index is 5.94. The average Bonchev–Trinajstić information content (AvgIpc) is 2.69. The molecular formula is C21H18N4. The van der Waals surface area contributed by atoms with Crippen LogP contribution >= 0.6 is 0 Å². The minimum Gasteiger partial charge on any atom is -0.399 e. The van der Waals surface area contributed by atoms with Gasteiger partial charge in [-0.1, -0.05) is 72.8 Å². The van der Waals surface area contributed by atoms with E-state index in [0.29, 0.717) is 5.69 Å². The van der Waals surface area contributed by atoms with E-state index >= 15 is 0 Å². The van der Waals surface area contributed by atoms with Gasteiger partial charge in [0, 0.05) is 22.4 Å². The molecule has 0 spiro atoms. The van der Waals surface area contributed by atoms with Gasteiger partial charge in [0.1, 0.15) is 11.7 Å². The van der Waals surface area contributed by atoms with Gasteiger partial charge in [-0.25, -0.2) is 9.98 Å². The Morgan fingerprint density at radius 1 is 0.680 bits per heavy atom. The highest BCUT2D eigenvalue weighted by atomic mass is 15.2. The first-order valence-corrected chi connectivity index (χ1v) is 8.18. The number of hydrogen-bond acceptors (Lipinski definition) is 4. The molecule has 0 atom stereocenters. The third-order valence-corrected chi connectivity index (χ3v) is 4.04. The van der Waals surface area contributed by atoms with E-state index in [1.807, 2.05) is 84.9 Å². The monoisotopic (exact) mass is 326 g/mol. The first kappa shape index (κ1) is 15.1. The number of rotatable bonds is 3. The van der Waals surface area contributed by atoms with Crippen LogP contribution in [0.3, 0.4) is 0 Å². The lowest BCUT2D eigenvalue weighted by Gasteiger charge is -2.22. The minimum atomic E-state index is -0.324. The summed E-state index contributed by atoms with van der Waals surface area (Å²) < 4.78 is 0. The van der Waals surface area contributed by atoms with Crippen LogP contribution in [0.2, 0.25) is 0 Å². The molecule has 1 heterocycles. The molecule has 0 radical (unpaired) electrons. The molecule has 0 saturated carbocycles. The largest absolute Gasteiger partial charge is 0.399 e. The Balaban J connectivity index is 1.79. The van der Waals surface area contributed by atoms with E-state index in [1.165, 1.54) is 0 Å². The molecule has 0 aromatic heterocycles. The van der Waals surface area contributed by atoms with Crippen LogP contribution in [0.5, 0.6) is 0 Å². The van der Waals surface area contributed by atoms with Gasteiger partial charge in [-0.2, -0.15) is 0 Å². The van der Waals surface area contributed by atoms with Gasteiger partial charge in [0.05, 0.1) is 0 Å². The SMILES string of the molecule is Nc1cccc(C2N=C(c3ccccc3)NC(c3ccccc3)=N2)c1. The van der Waals surface area contributed by atoms with Gasteiger partial charge < -0.3 is 11.1 Å². The van der Waals surface area contributed by atoms with Crippen LogP contribution in [0.1, 0.15) is 22.9 Å². The van der Waals surface area contributed by atoms with E-state index < -0.39 is 0 Å². The van der Waals surface area contributed by atoms with Crippen LogP contribution in [0, 0.1) is 0 Å². The summed E-state index contributed by atoms with van der Waals surface area (Å²) in [6.45, 7) is 0. The molecule has 122 valence electrons. The summed E-state index contributed by atoms with van der Waals surface area (Å²) in [5, 5.41) is 3.37. The number of hydrogen-bond donors (Lipinski definition) is 2. The molecule has 3 aromatic rings. The summed E-state index contributed by atoms with van der Waals surface area (Å²) >= 11 is 0. The van der Waals surface area contributed by atoms with Crippen molar-refractivity contribution in [2.75, 3.05) is 5.73 Å². The molecule has 4 heteroatoms. The van der Waals surface area contributed by atoms with Gasteiger partial charge in [-0.3, -0.25) is 0 Å². The van der Waals surface area contributed by atoms with Gasteiger partial charge in [0.25, 0.3) is 0 Å². The third-order valence-electron chi connectivity index (χ3n) is 4.04. The molecule has 0 amide bonds. The number of nitrogen functional groups attached to an aromatic ring is 1. The zero-order valence-electron chi connectivity index (χ0n) is 13.6. The van der Waals surface area contributed by atoms with Crippen LogP contribution < -0.4 is 11.1 Å². The summed E-state index contributed by atoms with van der Waals surface area (Å²) in [6.07, 6.45) is -0.324. The second-order valence-corrected chi connectivity index (χ2v) is 5.86. The highest BCUT2D eigenvalue weighted by Crippen LogP contribution is 2.25. The van der Waals surface area contributed by atoms with Crippen molar-refractivity contribution in [1.82, 2.24) is 5.32 Å². The first-order chi connectivity index (χ1) is 12.3. The number of aliphatic imine (C=N–C) groups is 2. The quantitative estimate of drug-likeness (QED) is 0.720. The van der Waals surface area contributed by atoms with E-state index in [0.717, 1.165) is 28.4 Å². The van der Waals surface area contributed by atoms with Gasteiger partial charge in [0.2, 0.25) is 0 Å². The maximum atomic E-state index is 5.94. The molecule has 0 fully saturated rings. The summed E-state index contributed by atoms with van der Waals surface area (Å²) in [4.78, 5) is 9.60. The number of nitrogens with two attached hydrogens (primary N) is 1. The molecule has 3 N–H and O–H groups in total. The lowest BCUT2D eigenvalue weighted by molar-refractivity contribution is 0.756. The highest BCUT2D eigenvalue weighted by molar-refractivity contribution is 6.15. The van der Waals surface area contributed by atoms with Crippen molar-refractivity contribution in [1.29, 1.82) is 0 Å². The first-order valence-electron chi connectivity index (χ1n) is 8.18. The zero-order chi connectivity index (χ0) is 17.1. The van der Waals surface area contributed by atoms with E-state index in [2.05, 4.69) is 5.32 Å². The molecule has 4 rings (SSSR count). The molecule has 1 aliphatic heterocycles. The lowest BCUT2D eigenvalue weighted by atomic mass is 10.1. The van der Waals surface area contributed by atoms with Crippen LogP contribution in [0.25, 0.3) is 0 Å². The number of nitrogens with one attached hydrogen (secondary N) is 1. The lowest BCUT2D eigenvalue weighted by Crippen LogP contribution is -2.35. The van der Waals surface area contributed by atoms with Crippen LogP contribution in [-0.2, 0) is 0 Å². The minimum absolute atomic E-state index is 0.324. The smallest absolute Gasteiger partial charge is 0.169 e. The maximum Gasteiger partial charge on any atom is 0.169 e. The van der Waals surface area contributed by atoms with Gasteiger partial charge in [-0.15, -0.1) is 0 Å². The van der Waals surface area contributed by atoms with Gasteiger partial charge in [-0.05, 0) is 12.1 Å². The Morgan fingerprint density at radius 2 is 1.24 bits per heavy atom. The number of benzene rings is 3. The Hall–Kier alpha value is -3.40. The van der Waals surface area contributed by atoms with Crippen molar-refractivity contribution in [3.63, 3.8) is 0 Å². The second-order valence-electron chi connectivity index (χ2n) is 5.86. The van der Waals surface area contributed by atoms with Gasteiger partial charge in [0.15, 0.2) is 6.17 Å². The van der Waals surface area contributed by atoms with E-state index in [1.54, 1.807) is 0 Å². The van der Waals surface area contributed by atoms with Crippen LogP contribution in [-0.4, -0.2) is 11.7 Å². The Labute approximate surface area is 146 Å². The molecule has 0 bridgehead atoms. The predicted octanol–water partition coefficient (Wildman–Crippen LogP) is 3.76. The molecule has 0 saturated heterocycles. The fourth-order valence-electron chi connectivity index (χ4n) is 2.80. The molecular weight excluding hydrogens is 308 g/mol. The summed E-state index contributed by atoms with van der Waals surface area (Å²) in [7, 11) is 0. The Kier molecular flexibility index (Phi) is 4.01. The average molecular weight is 326 g/mol. The standard InChI is InChI=1S/C21H18N4/c22-18-13-7-12-17(14-18)21-24-19(15-8-3-1-4-9-15)23-20(25-21)16-10-5-2-6-11-16/h1-14,21H,22H2,(H,23,24,25). The fraction of sp³-hybridized carbons (Fsp3) is 0.0476. The zero-order valence-corrected chi connectivity index (χ0v) is 13.6. The number of anilines is 1. The topological polar surface area (TPSA) is 62.8 Å². The molecule has 0 unspecified atom stereocenters. The predicted molar refractivity (Wildman–Crippen MR) is 103 cm³/mol. The van der Waals surface area contributed by atoms with Crippen molar-refractivity contribution < 1.29 is 0 Å². The summed E-state index contributed by atoms with van der Waals surface area (Å²) in [5.41, 5.74) is 9.69. The van der Waals surface area contributed by atoms with Crippen molar-refractivity contribution in [2.45, 2.75) is 6.17 Å². The van der Waals surface area contributed by atoms with Crippen molar-refractivity contribution >= 4 is 17.4 Å². The Bertz CT molecular complexity index is 875. The van der Waals surface area contributed by atoms with E-state index in [-0.39, 0.29) is 6.17 Å². The van der Waals surface area contributed by atoms with Crippen molar-refractivity contribution in [3.05, 3.63) is 102 Å².